The number of nitrogens with one attached hydrogen (secondary N) is 1. The summed E-state index contributed by atoms with van der Waals surface area (Å²) in [4.78, 5) is 0. The van der Waals surface area contributed by atoms with Crippen LogP contribution in [0.3, 0.4) is 0 Å². The average molecular weight is 221 g/mol. The maximum Gasteiger partial charge on any atom is 0.124 e. The zero-order valence-electron chi connectivity index (χ0n) is 9.86. The molecule has 16 heavy (non-hydrogen) atoms. The first-order valence-corrected chi connectivity index (χ1v) is 5.75. The van der Waals surface area contributed by atoms with Crippen molar-refractivity contribution in [2.45, 2.75) is 31.4 Å². The number of para-hydroxylation sites is 1. The molecule has 0 radical (unpaired) electrons. The summed E-state index contributed by atoms with van der Waals surface area (Å²) in [5, 5.41) is 14.0. The minimum Gasteiger partial charge on any atom is -0.496 e. The maximum atomic E-state index is 10.7. The van der Waals surface area contributed by atoms with Gasteiger partial charge in [-0.2, -0.15) is 0 Å². The van der Waals surface area contributed by atoms with Crippen molar-refractivity contribution in [3.63, 3.8) is 0 Å². The number of benzene rings is 1. The van der Waals surface area contributed by atoms with Gasteiger partial charge in [0.1, 0.15) is 5.75 Å². The summed E-state index contributed by atoms with van der Waals surface area (Å²) in [6, 6.07) is 8.07. The fourth-order valence-corrected chi connectivity index (χ4v) is 2.48. The predicted octanol–water partition coefficient (Wildman–Crippen LogP) is 1.65. The molecule has 0 bridgehead atoms. The van der Waals surface area contributed by atoms with Gasteiger partial charge in [0.2, 0.25) is 0 Å². The minimum absolute atomic E-state index is 0.337. The summed E-state index contributed by atoms with van der Waals surface area (Å²) in [5.74, 6) is 0.777. The first-order chi connectivity index (χ1) is 7.65. The van der Waals surface area contributed by atoms with Crippen LogP contribution in [0.5, 0.6) is 5.75 Å². The molecule has 1 heterocycles. The van der Waals surface area contributed by atoms with Gasteiger partial charge in [-0.3, -0.25) is 0 Å². The van der Waals surface area contributed by atoms with Crippen LogP contribution in [0.25, 0.3) is 0 Å². The zero-order valence-corrected chi connectivity index (χ0v) is 9.86. The molecule has 3 heteroatoms. The van der Waals surface area contributed by atoms with Gasteiger partial charge in [0, 0.05) is 11.6 Å². The van der Waals surface area contributed by atoms with Gasteiger partial charge >= 0.3 is 0 Å². The topological polar surface area (TPSA) is 41.5 Å². The molecular weight excluding hydrogens is 202 g/mol. The van der Waals surface area contributed by atoms with Crippen LogP contribution < -0.4 is 10.1 Å². The molecule has 2 N–H and O–H groups in total. The van der Waals surface area contributed by atoms with Crippen molar-refractivity contribution in [2.24, 2.45) is 0 Å². The second-order valence-electron chi connectivity index (χ2n) is 4.54. The fraction of sp³-hybridized carbons (Fsp3) is 0.538. The van der Waals surface area contributed by atoms with Gasteiger partial charge in [0.15, 0.2) is 0 Å². The molecule has 0 spiro atoms. The molecule has 0 aromatic heterocycles. The Balaban J connectivity index is 2.34. The minimum atomic E-state index is -0.753. The molecular formula is C13H19NO2. The van der Waals surface area contributed by atoms with E-state index in [1.54, 1.807) is 7.11 Å². The van der Waals surface area contributed by atoms with E-state index >= 15 is 0 Å². The van der Waals surface area contributed by atoms with Crippen molar-refractivity contribution in [3.05, 3.63) is 29.8 Å². The highest BCUT2D eigenvalue weighted by molar-refractivity contribution is 5.38. The molecule has 1 saturated heterocycles. The summed E-state index contributed by atoms with van der Waals surface area (Å²) in [5.41, 5.74) is 0.155. The lowest BCUT2D eigenvalue weighted by Gasteiger charge is -2.37. The largest absolute Gasteiger partial charge is 0.496 e. The van der Waals surface area contributed by atoms with Crippen LogP contribution in [0.2, 0.25) is 0 Å². The van der Waals surface area contributed by atoms with Crippen LogP contribution >= 0.6 is 0 Å². The quantitative estimate of drug-likeness (QED) is 0.798. The van der Waals surface area contributed by atoms with Crippen molar-refractivity contribution in [2.75, 3.05) is 13.7 Å². The van der Waals surface area contributed by atoms with Crippen molar-refractivity contribution < 1.29 is 9.84 Å². The number of ether oxygens (including phenoxy) is 1. The van der Waals surface area contributed by atoms with E-state index in [1.807, 2.05) is 24.3 Å². The average Bonchev–Trinajstić information content (AvgIpc) is 2.29. The first kappa shape index (κ1) is 11.4. The molecule has 88 valence electrons. The second-order valence-corrected chi connectivity index (χ2v) is 4.54. The van der Waals surface area contributed by atoms with Crippen LogP contribution in [-0.2, 0) is 5.60 Å². The highest BCUT2D eigenvalue weighted by Crippen LogP contribution is 2.37. The summed E-state index contributed by atoms with van der Waals surface area (Å²) in [6.45, 7) is 2.94. The monoisotopic (exact) mass is 221 g/mol. The molecule has 3 nitrogen and oxygen atoms in total. The van der Waals surface area contributed by atoms with Gasteiger partial charge in [0.25, 0.3) is 0 Å². The Morgan fingerprint density at radius 1 is 1.44 bits per heavy atom. The summed E-state index contributed by atoms with van der Waals surface area (Å²) in [7, 11) is 1.65. The van der Waals surface area contributed by atoms with E-state index in [9.17, 15) is 5.11 Å². The number of hydrogen-bond donors (Lipinski definition) is 2. The van der Waals surface area contributed by atoms with E-state index in [2.05, 4.69) is 12.2 Å². The number of aliphatic hydroxyl groups is 1. The van der Waals surface area contributed by atoms with Crippen molar-refractivity contribution in [1.82, 2.24) is 5.32 Å². The third-order valence-electron chi connectivity index (χ3n) is 3.28. The second kappa shape index (κ2) is 4.44. The van der Waals surface area contributed by atoms with Gasteiger partial charge in [-0.25, -0.2) is 0 Å². The summed E-state index contributed by atoms with van der Waals surface area (Å²) >= 11 is 0. The normalized spacial score (nSPS) is 30.1. The molecule has 2 unspecified atom stereocenters. The molecule has 1 aliphatic heterocycles. The standard InChI is InChI=1S/C13H19NO2/c1-10-9-13(15,7-8-14-10)11-5-3-4-6-12(11)16-2/h3-6,10,14-15H,7-9H2,1-2H3. The molecule has 1 fully saturated rings. The molecule has 0 aliphatic carbocycles. The Labute approximate surface area is 96.4 Å². The van der Waals surface area contributed by atoms with Crippen molar-refractivity contribution in [1.29, 1.82) is 0 Å². The summed E-state index contributed by atoms with van der Waals surface area (Å²) in [6.07, 6.45) is 1.46. The van der Waals surface area contributed by atoms with E-state index < -0.39 is 5.60 Å². The van der Waals surface area contributed by atoms with E-state index in [4.69, 9.17) is 4.74 Å². The Morgan fingerprint density at radius 2 is 2.19 bits per heavy atom. The lowest BCUT2D eigenvalue weighted by Crippen LogP contribution is -2.45. The highest BCUT2D eigenvalue weighted by Gasteiger charge is 2.36. The zero-order chi connectivity index (χ0) is 11.6. The van der Waals surface area contributed by atoms with Gasteiger partial charge in [-0.1, -0.05) is 18.2 Å². The number of methoxy groups -OCH3 is 1. The van der Waals surface area contributed by atoms with E-state index in [-0.39, 0.29) is 0 Å². The molecule has 1 aromatic carbocycles. The Hall–Kier alpha value is -1.06. The van der Waals surface area contributed by atoms with Gasteiger partial charge < -0.3 is 15.2 Å². The van der Waals surface area contributed by atoms with Crippen LogP contribution in [-0.4, -0.2) is 24.8 Å². The van der Waals surface area contributed by atoms with Crippen LogP contribution in [0.4, 0.5) is 0 Å². The Kier molecular flexibility index (Phi) is 3.17. The fourth-order valence-electron chi connectivity index (χ4n) is 2.48. The maximum absolute atomic E-state index is 10.7. The third-order valence-corrected chi connectivity index (χ3v) is 3.28. The number of piperidine rings is 1. The van der Waals surface area contributed by atoms with Gasteiger partial charge in [-0.15, -0.1) is 0 Å². The molecule has 2 rings (SSSR count). The van der Waals surface area contributed by atoms with Gasteiger partial charge in [0.05, 0.1) is 12.7 Å². The highest BCUT2D eigenvalue weighted by atomic mass is 16.5. The van der Waals surface area contributed by atoms with Crippen molar-refractivity contribution >= 4 is 0 Å². The molecule has 0 saturated carbocycles. The SMILES string of the molecule is COc1ccccc1C1(O)CCNC(C)C1. The first-order valence-electron chi connectivity index (χ1n) is 5.75. The lowest BCUT2D eigenvalue weighted by atomic mass is 9.82. The lowest BCUT2D eigenvalue weighted by molar-refractivity contribution is -0.00830. The number of rotatable bonds is 2. The van der Waals surface area contributed by atoms with Crippen LogP contribution in [0, 0.1) is 0 Å². The van der Waals surface area contributed by atoms with Crippen LogP contribution in [0.1, 0.15) is 25.3 Å². The van der Waals surface area contributed by atoms with E-state index in [0.717, 1.165) is 30.7 Å². The molecule has 1 aliphatic rings. The van der Waals surface area contributed by atoms with Gasteiger partial charge in [-0.05, 0) is 32.4 Å². The molecule has 2 atom stereocenters. The predicted molar refractivity (Wildman–Crippen MR) is 63.6 cm³/mol. The smallest absolute Gasteiger partial charge is 0.124 e. The Bertz CT molecular complexity index is 367. The molecule has 1 aromatic rings. The summed E-state index contributed by atoms with van der Waals surface area (Å²) < 4.78 is 5.32. The Morgan fingerprint density at radius 3 is 2.88 bits per heavy atom. The third kappa shape index (κ3) is 2.06. The molecule has 0 amide bonds. The van der Waals surface area contributed by atoms with Crippen molar-refractivity contribution in [3.8, 4) is 5.75 Å². The van der Waals surface area contributed by atoms with E-state index in [0.29, 0.717) is 6.04 Å². The number of hydrogen-bond acceptors (Lipinski definition) is 3. The van der Waals surface area contributed by atoms with Crippen LogP contribution in [0.15, 0.2) is 24.3 Å². The van der Waals surface area contributed by atoms with E-state index in [1.165, 1.54) is 0 Å².